The summed E-state index contributed by atoms with van der Waals surface area (Å²) in [7, 11) is 0. The van der Waals surface area contributed by atoms with E-state index in [0.717, 1.165) is 89.9 Å². The lowest BCUT2D eigenvalue weighted by Gasteiger charge is -2.39. The average Bonchev–Trinajstić information content (AvgIpc) is 3.23. The summed E-state index contributed by atoms with van der Waals surface area (Å²) in [5, 5.41) is 40.1. The smallest absolute Gasteiger partial charge is 0.306 e. The van der Waals surface area contributed by atoms with Crippen LogP contribution in [0.5, 0.6) is 0 Å². The van der Waals surface area contributed by atoms with E-state index in [9.17, 15) is 30.0 Å². The molecule has 10 heteroatoms. The molecule has 4 N–H and O–H groups in total. The molecular formula is C49H84O10. The first kappa shape index (κ1) is 54.4. The van der Waals surface area contributed by atoms with E-state index in [1.54, 1.807) is 0 Å². The van der Waals surface area contributed by atoms with E-state index in [1.807, 2.05) is 0 Å². The first-order chi connectivity index (χ1) is 28.8. The number of hydrogen-bond donors (Lipinski definition) is 4. The van der Waals surface area contributed by atoms with Crippen LogP contribution in [0.25, 0.3) is 0 Å². The number of hydrogen-bond acceptors (Lipinski definition) is 10. The number of unbranched alkanes of at least 4 members (excludes halogenated alkanes) is 17. The summed E-state index contributed by atoms with van der Waals surface area (Å²) < 4.78 is 22.2. The van der Waals surface area contributed by atoms with Crippen LogP contribution >= 0.6 is 0 Å². The summed E-state index contributed by atoms with van der Waals surface area (Å²) in [5.41, 5.74) is 0. The van der Waals surface area contributed by atoms with Crippen LogP contribution in [0.2, 0.25) is 0 Å². The highest BCUT2D eigenvalue weighted by Crippen LogP contribution is 2.22. The third-order valence-electron chi connectivity index (χ3n) is 10.4. The molecule has 0 bridgehead atoms. The minimum Gasteiger partial charge on any atom is -0.462 e. The van der Waals surface area contributed by atoms with E-state index < -0.39 is 49.4 Å². The maximum absolute atomic E-state index is 12.8. The van der Waals surface area contributed by atoms with E-state index in [-0.39, 0.29) is 32.0 Å². The van der Waals surface area contributed by atoms with Crippen LogP contribution in [0, 0.1) is 0 Å². The fraction of sp³-hybridized carbons (Fsp3) is 0.755. The van der Waals surface area contributed by atoms with Crippen LogP contribution in [0.15, 0.2) is 60.8 Å². The Hall–Kier alpha value is -2.60. The van der Waals surface area contributed by atoms with E-state index in [0.29, 0.717) is 6.42 Å². The maximum Gasteiger partial charge on any atom is 0.306 e. The number of aliphatic hydroxyl groups is 4. The van der Waals surface area contributed by atoms with Crippen molar-refractivity contribution in [2.45, 2.75) is 218 Å². The van der Waals surface area contributed by atoms with Gasteiger partial charge in [0.2, 0.25) is 0 Å². The fourth-order valence-corrected chi connectivity index (χ4v) is 6.70. The summed E-state index contributed by atoms with van der Waals surface area (Å²) in [6, 6.07) is 0. The third-order valence-corrected chi connectivity index (χ3v) is 10.4. The zero-order valence-corrected chi connectivity index (χ0v) is 37.0. The van der Waals surface area contributed by atoms with Gasteiger partial charge in [-0.15, -0.1) is 0 Å². The molecule has 340 valence electrons. The first-order valence-corrected chi connectivity index (χ1v) is 23.4. The highest BCUT2D eigenvalue weighted by molar-refractivity contribution is 5.70. The Bertz CT molecular complexity index is 1150. The Labute approximate surface area is 358 Å². The lowest BCUT2D eigenvalue weighted by atomic mass is 9.99. The number of allylic oxidation sites excluding steroid dienone is 10. The molecule has 1 heterocycles. The molecule has 1 saturated heterocycles. The van der Waals surface area contributed by atoms with Gasteiger partial charge in [-0.1, -0.05) is 152 Å². The molecule has 0 spiro atoms. The number of ether oxygens (including phenoxy) is 4. The van der Waals surface area contributed by atoms with Crippen molar-refractivity contribution in [2.24, 2.45) is 0 Å². The minimum atomic E-state index is -1.60. The zero-order valence-electron chi connectivity index (χ0n) is 37.0. The van der Waals surface area contributed by atoms with Gasteiger partial charge < -0.3 is 39.4 Å². The number of rotatable bonds is 38. The molecule has 1 aliphatic rings. The summed E-state index contributed by atoms with van der Waals surface area (Å²) in [6.45, 7) is 3.26. The Kier molecular flexibility index (Phi) is 36.5. The van der Waals surface area contributed by atoms with Gasteiger partial charge in [0.1, 0.15) is 31.0 Å². The lowest BCUT2D eigenvalue weighted by Crippen LogP contribution is -2.59. The lowest BCUT2D eigenvalue weighted by molar-refractivity contribution is -0.305. The van der Waals surface area contributed by atoms with Crippen LogP contribution in [-0.4, -0.2) is 89.0 Å². The highest BCUT2D eigenvalue weighted by atomic mass is 16.7. The van der Waals surface area contributed by atoms with Crippen molar-refractivity contribution in [1.82, 2.24) is 0 Å². The van der Waals surface area contributed by atoms with Crippen LogP contribution in [-0.2, 0) is 28.5 Å². The van der Waals surface area contributed by atoms with Crippen molar-refractivity contribution in [3.05, 3.63) is 60.8 Å². The average molecular weight is 833 g/mol. The molecule has 1 rings (SSSR count). The summed E-state index contributed by atoms with van der Waals surface area (Å²) in [6.07, 6.45) is 40.8. The van der Waals surface area contributed by atoms with Crippen molar-refractivity contribution < 1.29 is 49.0 Å². The van der Waals surface area contributed by atoms with Crippen molar-refractivity contribution in [3.63, 3.8) is 0 Å². The second-order valence-corrected chi connectivity index (χ2v) is 15.8. The SMILES string of the molecule is CC/C=C/C/C=C/C/C=C/CCCCCCCC(=O)O[C@@H](COC(=O)CCCCCCCCCCC/C=C/C/C=C/CCCCC)CO[C@H]1O[C@@H](CO)[C@@H](O)C(O)C1O. The Morgan fingerprint density at radius 2 is 1.00 bits per heavy atom. The molecule has 0 aromatic carbocycles. The Balaban J connectivity index is 2.31. The molecule has 1 fully saturated rings. The van der Waals surface area contributed by atoms with Gasteiger partial charge in [-0.05, 0) is 77.0 Å². The molecule has 1 aliphatic heterocycles. The van der Waals surface area contributed by atoms with Crippen LogP contribution in [0.3, 0.4) is 0 Å². The molecule has 6 atom stereocenters. The molecule has 0 aromatic heterocycles. The van der Waals surface area contributed by atoms with Gasteiger partial charge in [-0.3, -0.25) is 9.59 Å². The van der Waals surface area contributed by atoms with Gasteiger partial charge in [-0.2, -0.15) is 0 Å². The van der Waals surface area contributed by atoms with E-state index in [4.69, 9.17) is 18.9 Å². The van der Waals surface area contributed by atoms with Gasteiger partial charge >= 0.3 is 11.9 Å². The third kappa shape index (κ3) is 31.0. The molecule has 2 unspecified atom stereocenters. The summed E-state index contributed by atoms with van der Waals surface area (Å²) >= 11 is 0. The van der Waals surface area contributed by atoms with Crippen molar-refractivity contribution in [3.8, 4) is 0 Å². The number of esters is 2. The van der Waals surface area contributed by atoms with Crippen molar-refractivity contribution in [1.29, 1.82) is 0 Å². The molecular weight excluding hydrogens is 749 g/mol. The zero-order chi connectivity index (χ0) is 43.0. The van der Waals surface area contributed by atoms with Gasteiger partial charge in [-0.25, -0.2) is 0 Å². The van der Waals surface area contributed by atoms with Gasteiger partial charge in [0.15, 0.2) is 12.4 Å². The monoisotopic (exact) mass is 833 g/mol. The van der Waals surface area contributed by atoms with Gasteiger partial charge in [0.25, 0.3) is 0 Å². The predicted molar refractivity (Wildman–Crippen MR) is 238 cm³/mol. The second-order valence-electron chi connectivity index (χ2n) is 15.8. The quantitative estimate of drug-likeness (QED) is 0.0269. The topological polar surface area (TPSA) is 152 Å². The number of aliphatic hydroxyl groups excluding tert-OH is 4. The highest BCUT2D eigenvalue weighted by Gasteiger charge is 2.44. The predicted octanol–water partition coefficient (Wildman–Crippen LogP) is 10.2. The molecule has 0 aromatic rings. The normalized spacial score (nSPS) is 20.5. The molecule has 0 saturated carbocycles. The van der Waals surface area contributed by atoms with E-state index in [2.05, 4.69) is 74.6 Å². The van der Waals surface area contributed by atoms with E-state index in [1.165, 1.54) is 57.8 Å². The molecule has 0 amide bonds. The van der Waals surface area contributed by atoms with Crippen LogP contribution in [0.4, 0.5) is 0 Å². The summed E-state index contributed by atoms with van der Waals surface area (Å²) in [5.74, 6) is -0.833. The van der Waals surface area contributed by atoms with Crippen molar-refractivity contribution in [2.75, 3.05) is 19.8 Å². The van der Waals surface area contributed by atoms with Gasteiger partial charge in [0.05, 0.1) is 13.2 Å². The van der Waals surface area contributed by atoms with Crippen molar-refractivity contribution >= 4 is 11.9 Å². The van der Waals surface area contributed by atoms with Crippen LogP contribution in [0.1, 0.15) is 181 Å². The fourth-order valence-electron chi connectivity index (χ4n) is 6.70. The number of carbonyl (C=O) groups is 2. The molecule has 59 heavy (non-hydrogen) atoms. The molecule has 0 radical (unpaired) electrons. The Morgan fingerprint density at radius 3 is 1.51 bits per heavy atom. The number of carbonyl (C=O) groups excluding carboxylic acids is 2. The molecule has 0 aliphatic carbocycles. The summed E-state index contributed by atoms with van der Waals surface area (Å²) in [4.78, 5) is 25.4. The minimum absolute atomic E-state index is 0.207. The maximum atomic E-state index is 12.8. The van der Waals surface area contributed by atoms with E-state index >= 15 is 0 Å². The van der Waals surface area contributed by atoms with Gasteiger partial charge in [0, 0.05) is 12.8 Å². The molecule has 10 nitrogen and oxygen atoms in total. The first-order valence-electron chi connectivity index (χ1n) is 23.4. The largest absolute Gasteiger partial charge is 0.462 e. The van der Waals surface area contributed by atoms with Crippen LogP contribution < -0.4 is 0 Å². The Morgan fingerprint density at radius 1 is 0.542 bits per heavy atom. The standard InChI is InChI=1S/C49H84O10/c1-3-5-7-9-11-13-15-17-19-20-21-22-24-25-27-29-31-33-35-37-44(51)56-40-42(41-57-49-48(55)47(54)46(53)43(39-50)59-49)58-45(52)38-36-34-32-30-28-26-23-18-16-14-12-10-8-6-4-2/h6,8,11-14,17-19,23,42-43,46-50,53-55H,3-5,7,9-10,15-16,20-22,24-41H2,1-2H3/b8-6+,13-11+,14-12+,19-17+,23-18+/t42-,43-,46+,47?,48?,49-/m0/s1. The second kappa shape index (κ2) is 39.5.